The molecule has 2 aliphatic heterocycles. The quantitative estimate of drug-likeness (QED) is 0.213. The number of thioether (sulfide) groups is 1. The lowest BCUT2D eigenvalue weighted by atomic mass is 9.68. The van der Waals surface area contributed by atoms with Gasteiger partial charge in [-0.1, -0.05) is 47.2 Å². The van der Waals surface area contributed by atoms with E-state index in [-0.39, 0.29) is 46.1 Å². The minimum atomic E-state index is -4.64. The molecule has 2 bridgehead atoms. The van der Waals surface area contributed by atoms with Gasteiger partial charge in [-0.25, -0.2) is 0 Å². The van der Waals surface area contributed by atoms with Gasteiger partial charge < -0.3 is 15.0 Å². The number of amides is 3. The van der Waals surface area contributed by atoms with Gasteiger partial charge in [0.1, 0.15) is 5.75 Å². The van der Waals surface area contributed by atoms with Crippen LogP contribution in [0.1, 0.15) is 28.3 Å². The Kier molecular flexibility index (Phi) is 7.49. The number of rotatable bonds is 6. The van der Waals surface area contributed by atoms with Crippen LogP contribution in [0.15, 0.2) is 82.6 Å². The molecule has 3 amide bonds. The van der Waals surface area contributed by atoms with Crippen molar-refractivity contribution in [2.24, 2.45) is 29.6 Å². The number of alkyl halides is 3. The van der Waals surface area contributed by atoms with E-state index >= 15 is 0 Å². The van der Waals surface area contributed by atoms with Crippen LogP contribution < -0.4 is 19.8 Å². The second-order valence-electron chi connectivity index (χ2n) is 12.4. The number of nitrogens with zero attached hydrogens (tertiary/aromatic N) is 1. The van der Waals surface area contributed by atoms with Gasteiger partial charge in [0.05, 0.1) is 28.1 Å². The summed E-state index contributed by atoms with van der Waals surface area (Å²) in [5, 5.41) is 3.69. The van der Waals surface area contributed by atoms with Crippen LogP contribution >= 0.6 is 34.7 Å². The number of aromatic amines is 1. The van der Waals surface area contributed by atoms with E-state index in [1.807, 2.05) is 6.07 Å². The number of aromatic nitrogens is 1. The molecule has 14 heteroatoms. The minimum Gasteiger partial charge on any atom is -0.483 e. The first kappa shape index (κ1) is 31.2. The summed E-state index contributed by atoms with van der Waals surface area (Å²) in [5.41, 5.74) is 0.230. The molecule has 0 radical (unpaired) electrons. The monoisotopic (exact) mass is 711 g/mol. The lowest BCUT2D eigenvalue weighted by Crippen LogP contribution is -2.42. The first-order chi connectivity index (χ1) is 23.0. The van der Waals surface area contributed by atoms with Crippen molar-refractivity contribution in [3.8, 4) is 5.75 Å². The Morgan fingerprint density at radius 2 is 1.73 bits per heavy atom. The first-order valence-electron chi connectivity index (χ1n) is 15.2. The highest BCUT2D eigenvalue weighted by Gasteiger charge is 2.70. The van der Waals surface area contributed by atoms with Crippen molar-refractivity contribution in [1.82, 2.24) is 4.98 Å². The first-order valence-corrected chi connectivity index (χ1v) is 17.3. The van der Waals surface area contributed by atoms with E-state index in [1.54, 1.807) is 42.5 Å². The van der Waals surface area contributed by atoms with Crippen LogP contribution in [-0.2, 0) is 20.6 Å². The SMILES string of the molecule is O=C(COc1ccc(Cl)cc1[C@H]1c2sc(=O)[nH]c2SC2C3CC(C4C(=O)N(c5cccc(C(F)(F)F)c5)C(=O)C34)C21)Nc1ccccc1. The summed E-state index contributed by atoms with van der Waals surface area (Å²) in [7, 11) is 0. The predicted molar refractivity (Wildman–Crippen MR) is 174 cm³/mol. The number of para-hydroxylation sites is 1. The molecule has 1 aromatic heterocycles. The Morgan fingerprint density at radius 3 is 2.48 bits per heavy atom. The summed E-state index contributed by atoms with van der Waals surface area (Å²) >= 11 is 9.07. The Hall–Kier alpha value is -4.07. The van der Waals surface area contributed by atoms with Gasteiger partial charge in [-0.15, -0.1) is 11.8 Å². The zero-order valence-corrected chi connectivity index (χ0v) is 27.1. The van der Waals surface area contributed by atoms with E-state index in [0.717, 1.165) is 33.2 Å². The molecule has 6 unspecified atom stereocenters. The number of benzene rings is 3. The maximum Gasteiger partial charge on any atom is 0.416 e. The van der Waals surface area contributed by atoms with Crippen LogP contribution in [0.3, 0.4) is 0 Å². The van der Waals surface area contributed by atoms with E-state index in [1.165, 1.54) is 23.9 Å². The van der Waals surface area contributed by atoms with Crippen molar-refractivity contribution in [2.75, 3.05) is 16.8 Å². The maximum absolute atomic E-state index is 14.0. The fourth-order valence-corrected chi connectivity index (χ4v) is 11.3. The van der Waals surface area contributed by atoms with Gasteiger partial charge in [-0.3, -0.25) is 24.1 Å². The predicted octanol–water partition coefficient (Wildman–Crippen LogP) is 6.80. The molecule has 0 spiro atoms. The highest BCUT2D eigenvalue weighted by atomic mass is 35.5. The number of thiazole rings is 1. The standard InChI is InChI=1S/C34H25ClF3N3O5S2/c35-16-9-10-22(46-14-23(42)39-17-6-2-1-3-7-17)19(12-16)24-25-20-13-21(28(25)47-30-29(24)48-33(45)40-30)27-26(20)31(43)41(32(27)44)18-8-4-5-15(11-18)34(36,37)38/h1-12,20-21,24-28H,13-14H2,(H,39,42)(H,40,45)/t20?,21?,24-,25?,26?,27?,28?/m1/s1. The molecule has 2 saturated carbocycles. The molecule has 7 atom stereocenters. The third-order valence-electron chi connectivity index (χ3n) is 9.88. The van der Waals surface area contributed by atoms with E-state index in [4.69, 9.17) is 16.3 Å². The summed E-state index contributed by atoms with van der Waals surface area (Å²) in [5.74, 6) is -3.62. The number of H-pyrrole nitrogens is 1. The van der Waals surface area contributed by atoms with Crippen LogP contribution in [0.5, 0.6) is 5.75 Å². The number of hydrogen-bond donors (Lipinski definition) is 2. The van der Waals surface area contributed by atoms with Crippen molar-refractivity contribution in [1.29, 1.82) is 0 Å². The van der Waals surface area contributed by atoms with E-state index < -0.39 is 41.3 Å². The topological polar surface area (TPSA) is 109 Å². The van der Waals surface area contributed by atoms with Gasteiger partial charge in [0.25, 0.3) is 5.91 Å². The second kappa shape index (κ2) is 11.5. The zero-order valence-electron chi connectivity index (χ0n) is 24.7. The lowest BCUT2D eigenvalue weighted by Gasteiger charge is -2.43. The number of nitrogens with one attached hydrogen (secondary N) is 2. The maximum atomic E-state index is 14.0. The number of imide groups is 1. The van der Waals surface area contributed by atoms with Crippen molar-refractivity contribution >= 4 is 63.8 Å². The molecule has 1 saturated heterocycles. The molecule has 246 valence electrons. The number of fused-ring (bicyclic) bond motifs is 9. The largest absolute Gasteiger partial charge is 0.483 e. The summed E-state index contributed by atoms with van der Waals surface area (Å²) in [6, 6.07) is 18.3. The fraction of sp³-hybridized carbons (Fsp3) is 0.294. The molecular formula is C34H25ClF3N3O5S2. The molecule has 4 aliphatic rings. The Balaban J connectivity index is 1.15. The molecule has 3 aromatic carbocycles. The minimum absolute atomic E-state index is 0.0939. The lowest BCUT2D eigenvalue weighted by molar-refractivity contribution is -0.137. The van der Waals surface area contributed by atoms with Gasteiger partial charge in [-0.2, -0.15) is 13.2 Å². The Labute approximate surface area is 284 Å². The van der Waals surface area contributed by atoms with E-state index in [0.29, 0.717) is 33.5 Å². The smallest absolute Gasteiger partial charge is 0.416 e. The Morgan fingerprint density at radius 1 is 0.979 bits per heavy atom. The number of halogens is 4. The third-order valence-corrected chi connectivity index (χ3v) is 12.7. The fourth-order valence-electron chi connectivity index (χ4n) is 8.20. The highest BCUT2D eigenvalue weighted by Crippen LogP contribution is 2.69. The number of anilines is 2. The number of hydrogen-bond acceptors (Lipinski definition) is 7. The molecule has 2 aliphatic carbocycles. The number of carbonyl (C=O) groups is 3. The number of carbonyl (C=O) groups excluding carboxylic acids is 3. The molecule has 3 fully saturated rings. The summed E-state index contributed by atoms with van der Waals surface area (Å²) in [4.78, 5) is 57.8. The van der Waals surface area contributed by atoms with Gasteiger partial charge in [0.2, 0.25) is 11.8 Å². The van der Waals surface area contributed by atoms with Crippen molar-refractivity contribution in [2.45, 2.75) is 28.8 Å². The molecular weight excluding hydrogens is 687 g/mol. The van der Waals surface area contributed by atoms with Gasteiger partial charge in [0, 0.05) is 32.3 Å². The summed E-state index contributed by atoms with van der Waals surface area (Å²) in [6.45, 7) is -0.301. The average molecular weight is 712 g/mol. The van der Waals surface area contributed by atoms with Gasteiger partial charge in [0.15, 0.2) is 6.61 Å². The van der Waals surface area contributed by atoms with Gasteiger partial charge in [-0.05, 0) is 72.7 Å². The summed E-state index contributed by atoms with van der Waals surface area (Å²) < 4.78 is 46.7. The molecule has 2 N–H and O–H groups in total. The molecule has 48 heavy (non-hydrogen) atoms. The molecule has 8 nitrogen and oxygen atoms in total. The molecule has 4 aromatic rings. The molecule has 8 rings (SSSR count). The van der Waals surface area contributed by atoms with Crippen molar-refractivity contribution < 1.29 is 32.3 Å². The van der Waals surface area contributed by atoms with Crippen molar-refractivity contribution in [3.05, 3.63) is 103 Å². The third kappa shape index (κ3) is 5.05. The van der Waals surface area contributed by atoms with E-state index in [2.05, 4.69) is 10.3 Å². The van der Waals surface area contributed by atoms with Crippen LogP contribution in [0, 0.1) is 29.6 Å². The van der Waals surface area contributed by atoms with Gasteiger partial charge >= 0.3 is 11.0 Å². The van der Waals surface area contributed by atoms with Crippen LogP contribution in [0.4, 0.5) is 24.5 Å². The summed E-state index contributed by atoms with van der Waals surface area (Å²) in [6.07, 6.45) is -4.06. The molecule has 3 heterocycles. The number of ether oxygens (including phenoxy) is 1. The Bertz CT molecular complexity index is 2040. The second-order valence-corrected chi connectivity index (χ2v) is 15.0. The average Bonchev–Trinajstić information content (AvgIpc) is 3.79. The highest BCUT2D eigenvalue weighted by molar-refractivity contribution is 8.00. The van der Waals surface area contributed by atoms with Crippen LogP contribution in [0.2, 0.25) is 5.02 Å². The van der Waals surface area contributed by atoms with Crippen LogP contribution in [0.25, 0.3) is 0 Å². The zero-order chi connectivity index (χ0) is 33.5. The van der Waals surface area contributed by atoms with E-state index in [9.17, 15) is 32.3 Å². The normalized spacial score (nSPS) is 27.1. The van der Waals surface area contributed by atoms with Crippen molar-refractivity contribution in [3.63, 3.8) is 0 Å². The van der Waals surface area contributed by atoms with Crippen LogP contribution in [-0.4, -0.2) is 34.6 Å².